The zero-order valence-electron chi connectivity index (χ0n) is 10.9. The predicted molar refractivity (Wildman–Crippen MR) is 75.3 cm³/mol. The van der Waals surface area contributed by atoms with Crippen LogP contribution in [0.2, 0.25) is 0 Å². The molecule has 0 spiro atoms. The summed E-state index contributed by atoms with van der Waals surface area (Å²) in [5.74, 6) is -0.512. The van der Waals surface area contributed by atoms with Crippen molar-refractivity contribution >= 4 is 11.4 Å². The van der Waals surface area contributed by atoms with Crippen molar-refractivity contribution in [3.63, 3.8) is 0 Å². The van der Waals surface area contributed by atoms with E-state index in [2.05, 4.69) is 0 Å². The fourth-order valence-corrected chi connectivity index (χ4v) is 2.02. The zero-order valence-corrected chi connectivity index (χ0v) is 10.9. The summed E-state index contributed by atoms with van der Waals surface area (Å²) in [5, 5.41) is 31.5. The maximum atomic E-state index is 10.8. The van der Waals surface area contributed by atoms with Gasteiger partial charge in [-0.1, -0.05) is 30.3 Å². The molecule has 0 atom stereocenters. The molecule has 0 fully saturated rings. The van der Waals surface area contributed by atoms with E-state index < -0.39 is 27.0 Å². The molecule has 2 rings (SSSR count). The summed E-state index contributed by atoms with van der Waals surface area (Å²) in [4.78, 5) is 20.1. The summed E-state index contributed by atoms with van der Waals surface area (Å²) in [6.07, 6.45) is 0.797. The highest BCUT2D eigenvalue weighted by Crippen LogP contribution is 2.34. The van der Waals surface area contributed by atoms with Gasteiger partial charge in [-0.3, -0.25) is 20.2 Å². The molecule has 21 heavy (non-hydrogen) atoms. The number of rotatable bonds is 5. The van der Waals surface area contributed by atoms with Gasteiger partial charge in [0.05, 0.1) is 15.9 Å². The van der Waals surface area contributed by atoms with Crippen molar-refractivity contribution in [1.29, 1.82) is 0 Å². The van der Waals surface area contributed by atoms with Crippen LogP contribution in [-0.4, -0.2) is 15.0 Å². The number of nitro groups is 2. The highest BCUT2D eigenvalue weighted by Gasteiger charge is 2.23. The average molecular weight is 288 g/mol. The quantitative estimate of drug-likeness (QED) is 0.672. The van der Waals surface area contributed by atoms with Crippen molar-refractivity contribution in [2.45, 2.75) is 12.8 Å². The smallest absolute Gasteiger partial charge is 0.317 e. The molecule has 7 nitrogen and oxygen atoms in total. The van der Waals surface area contributed by atoms with Crippen molar-refractivity contribution < 1.29 is 15.0 Å². The number of benzene rings is 2. The minimum absolute atomic E-state index is 0.194. The summed E-state index contributed by atoms with van der Waals surface area (Å²) in [5.41, 5.74) is 0.126. The number of phenolic OH excluding ortho intramolecular Hbond substituents is 1. The molecule has 108 valence electrons. The number of nitro benzene ring substituents is 2. The molecule has 1 N–H and O–H groups in total. The number of phenols is 1. The molecule has 0 radical (unpaired) electrons. The molecule has 0 aliphatic rings. The Morgan fingerprint density at radius 2 is 1.62 bits per heavy atom. The van der Waals surface area contributed by atoms with Gasteiger partial charge >= 0.3 is 5.69 Å². The first-order chi connectivity index (χ1) is 9.99. The van der Waals surface area contributed by atoms with Crippen molar-refractivity contribution in [1.82, 2.24) is 0 Å². The van der Waals surface area contributed by atoms with Gasteiger partial charge in [0.15, 0.2) is 5.75 Å². The van der Waals surface area contributed by atoms with Crippen molar-refractivity contribution in [2.75, 3.05) is 0 Å². The van der Waals surface area contributed by atoms with E-state index in [1.165, 1.54) is 6.07 Å². The predicted octanol–water partition coefficient (Wildman–Crippen LogP) is 2.99. The van der Waals surface area contributed by atoms with Gasteiger partial charge in [0.25, 0.3) is 5.69 Å². The van der Waals surface area contributed by atoms with Crippen LogP contribution >= 0.6 is 0 Å². The molecule has 0 amide bonds. The van der Waals surface area contributed by atoms with Gasteiger partial charge in [0.2, 0.25) is 0 Å². The number of aryl methyl sites for hydroxylation is 2. The van der Waals surface area contributed by atoms with Crippen LogP contribution in [0.1, 0.15) is 11.1 Å². The molecule has 0 unspecified atom stereocenters. The Hall–Kier alpha value is -2.96. The van der Waals surface area contributed by atoms with Crippen LogP contribution in [0.3, 0.4) is 0 Å². The lowest BCUT2D eigenvalue weighted by Crippen LogP contribution is -1.98. The van der Waals surface area contributed by atoms with Crippen molar-refractivity contribution in [2.24, 2.45) is 0 Å². The van der Waals surface area contributed by atoms with E-state index in [1.54, 1.807) is 0 Å². The minimum atomic E-state index is -0.825. The normalized spacial score (nSPS) is 10.3. The third kappa shape index (κ3) is 3.33. The Kier molecular flexibility index (Phi) is 4.13. The maximum Gasteiger partial charge on any atom is 0.317 e. The average Bonchev–Trinajstić information content (AvgIpc) is 2.46. The Morgan fingerprint density at radius 3 is 2.19 bits per heavy atom. The van der Waals surface area contributed by atoms with Crippen LogP contribution < -0.4 is 0 Å². The van der Waals surface area contributed by atoms with E-state index in [4.69, 9.17) is 0 Å². The first-order valence-corrected chi connectivity index (χ1v) is 6.17. The van der Waals surface area contributed by atoms with Crippen LogP contribution in [0.4, 0.5) is 11.4 Å². The number of hydrogen-bond donors (Lipinski definition) is 1. The van der Waals surface area contributed by atoms with Crippen LogP contribution in [-0.2, 0) is 12.8 Å². The second-order valence-electron chi connectivity index (χ2n) is 4.47. The van der Waals surface area contributed by atoms with E-state index in [0.717, 1.165) is 11.6 Å². The SMILES string of the molecule is O=[N+]([O-])c1cc(CCc2ccccc2)c(O)c([N+](=O)[O-])c1. The van der Waals surface area contributed by atoms with Gasteiger partial charge < -0.3 is 5.11 Å². The number of aromatic hydroxyl groups is 1. The fourth-order valence-electron chi connectivity index (χ4n) is 2.02. The molecule has 0 bridgehead atoms. The minimum Gasteiger partial charge on any atom is -0.502 e. The van der Waals surface area contributed by atoms with E-state index >= 15 is 0 Å². The second kappa shape index (κ2) is 6.00. The monoisotopic (exact) mass is 288 g/mol. The van der Waals surface area contributed by atoms with Crippen molar-refractivity contribution in [3.8, 4) is 5.75 Å². The second-order valence-corrected chi connectivity index (χ2v) is 4.47. The van der Waals surface area contributed by atoms with Gasteiger partial charge in [0, 0.05) is 11.6 Å². The summed E-state index contributed by atoms with van der Waals surface area (Å²) >= 11 is 0. The molecule has 0 aliphatic carbocycles. The summed E-state index contributed by atoms with van der Waals surface area (Å²) in [7, 11) is 0. The highest BCUT2D eigenvalue weighted by atomic mass is 16.6. The number of nitrogens with zero attached hydrogens (tertiary/aromatic N) is 2. The summed E-state index contributed by atoms with van der Waals surface area (Å²) in [6.45, 7) is 0. The standard InChI is InChI=1S/C14H12N2O5/c17-14-11(7-6-10-4-2-1-3-5-10)8-12(15(18)19)9-13(14)16(20)21/h1-5,8-9,17H,6-7H2. The topological polar surface area (TPSA) is 107 Å². The zero-order chi connectivity index (χ0) is 15.4. The van der Waals surface area contributed by atoms with E-state index in [1.807, 2.05) is 30.3 Å². The molecular formula is C14H12N2O5. The lowest BCUT2D eigenvalue weighted by molar-refractivity contribution is -0.394. The van der Waals surface area contributed by atoms with Gasteiger partial charge in [-0.25, -0.2) is 0 Å². The summed E-state index contributed by atoms with van der Waals surface area (Å²) in [6, 6.07) is 11.3. The lowest BCUT2D eigenvalue weighted by Gasteiger charge is -2.05. The van der Waals surface area contributed by atoms with Crippen LogP contribution in [0, 0.1) is 20.2 Å². The highest BCUT2D eigenvalue weighted by molar-refractivity contribution is 5.57. The Labute approximate surface area is 119 Å². The molecule has 2 aromatic rings. The molecule has 2 aromatic carbocycles. The van der Waals surface area contributed by atoms with E-state index in [-0.39, 0.29) is 12.0 Å². The third-order valence-corrected chi connectivity index (χ3v) is 3.09. The first kappa shape index (κ1) is 14.4. The molecular weight excluding hydrogens is 276 g/mol. The van der Waals surface area contributed by atoms with Gasteiger partial charge in [-0.05, 0) is 18.4 Å². The largest absolute Gasteiger partial charge is 0.502 e. The van der Waals surface area contributed by atoms with Gasteiger partial charge in [0.1, 0.15) is 0 Å². The fraction of sp³-hybridized carbons (Fsp3) is 0.143. The maximum absolute atomic E-state index is 10.8. The Morgan fingerprint density at radius 1 is 0.952 bits per heavy atom. The van der Waals surface area contributed by atoms with Crippen molar-refractivity contribution in [3.05, 3.63) is 73.8 Å². The van der Waals surface area contributed by atoms with Gasteiger partial charge in [-0.2, -0.15) is 0 Å². The molecule has 0 saturated carbocycles. The number of hydrogen-bond acceptors (Lipinski definition) is 5. The van der Waals surface area contributed by atoms with E-state index in [9.17, 15) is 25.3 Å². The number of non-ortho nitro benzene ring substituents is 1. The molecule has 0 saturated heterocycles. The first-order valence-electron chi connectivity index (χ1n) is 6.17. The van der Waals surface area contributed by atoms with Crippen LogP contribution in [0.15, 0.2) is 42.5 Å². The van der Waals surface area contributed by atoms with Crippen LogP contribution in [0.25, 0.3) is 0 Å². The molecule has 0 heterocycles. The Bertz CT molecular complexity index is 685. The third-order valence-electron chi connectivity index (χ3n) is 3.09. The Balaban J connectivity index is 2.33. The summed E-state index contributed by atoms with van der Waals surface area (Å²) < 4.78 is 0. The van der Waals surface area contributed by atoms with E-state index in [0.29, 0.717) is 6.42 Å². The molecule has 7 heteroatoms. The molecule has 0 aromatic heterocycles. The van der Waals surface area contributed by atoms with Crippen LogP contribution in [0.5, 0.6) is 5.75 Å². The van der Waals surface area contributed by atoms with Gasteiger partial charge in [-0.15, -0.1) is 0 Å². The molecule has 0 aliphatic heterocycles. The lowest BCUT2D eigenvalue weighted by atomic mass is 10.0.